The van der Waals surface area contributed by atoms with Gasteiger partial charge >= 0.3 is 5.97 Å². The Labute approximate surface area is 195 Å². The number of carboxylic acids is 1. The number of hydrogen-bond acceptors (Lipinski definition) is 8. The van der Waals surface area contributed by atoms with Crippen molar-refractivity contribution in [2.45, 2.75) is 19.9 Å². The lowest BCUT2D eigenvalue weighted by Crippen LogP contribution is -2.14. The van der Waals surface area contributed by atoms with Gasteiger partial charge in [0, 0.05) is 36.0 Å². The molecule has 0 amide bonds. The highest BCUT2D eigenvalue weighted by Crippen LogP contribution is 2.31. The van der Waals surface area contributed by atoms with E-state index in [9.17, 15) is 14.7 Å². The standard InChI is InChI=1S/C25H23N5O4/c1-13-6-17(14(2)30-20-11-28-12-29-23(20)25(32)33)24-18(7-13)21(31)9-22(34-24)15-4-5-19(26)16(8-15)10-27-3/h4-12,14,26-27,30H,1-3H3,(H,32,33)/b16-10-,26-19?. The largest absolute Gasteiger partial charge is 0.476 e. The maximum atomic E-state index is 13.0. The summed E-state index contributed by atoms with van der Waals surface area (Å²) in [7, 11) is 1.75. The number of nitrogens with one attached hydrogen (secondary N) is 3. The van der Waals surface area contributed by atoms with Gasteiger partial charge in [-0.25, -0.2) is 14.8 Å². The smallest absolute Gasteiger partial charge is 0.356 e. The molecule has 1 aliphatic rings. The first-order valence-corrected chi connectivity index (χ1v) is 10.5. The zero-order chi connectivity index (χ0) is 24.4. The van der Waals surface area contributed by atoms with Crippen LogP contribution in [0.25, 0.3) is 16.5 Å². The van der Waals surface area contributed by atoms with Crippen LogP contribution in [0.5, 0.6) is 0 Å². The third-order valence-corrected chi connectivity index (χ3v) is 5.39. The van der Waals surface area contributed by atoms with Gasteiger partial charge in [-0.15, -0.1) is 0 Å². The van der Waals surface area contributed by atoms with Gasteiger partial charge in [0.1, 0.15) is 17.7 Å². The molecule has 1 atom stereocenters. The van der Waals surface area contributed by atoms with Crippen molar-refractivity contribution in [1.29, 1.82) is 5.41 Å². The molecular formula is C25H23N5O4. The van der Waals surface area contributed by atoms with Crippen LogP contribution in [0, 0.1) is 12.3 Å². The fourth-order valence-electron chi connectivity index (χ4n) is 3.81. The van der Waals surface area contributed by atoms with E-state index in [-0.39, 0.29) is 16.8 Å². The molecule has 9 heteroatoms. The average Bonchev–Trinajstić information content (AvgIpc) is 2.80. The minimum absolute atomic E-state index is 0.148. The van der Waals surface area contributed by atoms with E-state index in [2.05, 4.69) is 20.6 Å². The summed E-state index contributed by atoms with van der Waals surface area (Å²) in [5.41, 5.74) is 3.53. The second-order valence-corrected chi connectivity index (χ2v) is 7.90. The molecule has 1 unspecified atom stereocenters. The quantitative estimate of drug-likeness (QED) is 0.437. The molecule has 4 N–H and O–H groups in total. The van der Waals surface area contributed by atoms with Crippen LogP contribution in [0.2, 0.25) is 0 Å². The predicted molar refractivity (Wildman–Crippen MR) is 130 cm³/mol. The number of nitrogens with zero attached hydrogens (tertiary/aromatic N) is 2. The van der Waals surface area contributed by atoms with Crippen molar-refractivity contribution in [1.82, 2.24) is 15.3 Å². The molecule has 0 saturated carbocycles. The summed E-state index contributed by atoms with van der Waals surface area (Å²) in [5.74, 6) is -0.804. The van der Waals surface area contributed by atoms with Gasteiger partial charge in [0.25, 0.3) is 0 Å². The number of anilines is 1. The van der Waals surface area contributed by atoms with Crippen LogP contribution in [0.1, 0.15) is 40.3 Å². The lowest BCUT2D eigenvalue weighted by molar-refractivity contribution is 0.0691. The van der Waals surface area contributed by atoms with E-state index >= 15 is 0 Å². The Hall–Kier alpha value is -4.53. The highest BCUT2D eigenvalue weighted by atomic mass is 16.4. The van der Waals surface area contributed by atoms with Crippen LogP contribution < -0.4 is 16.1 Å². The number of benzene rings is 1. The number of aromatic nitrogens is 2. The number of hydrogen-bond donors (Lipinski definition) is 4. The second-order valence-electron chi connectivity index (χ2n) is 7.90. The molecule has 172 valence electrons. The molecule has 2 aromatic heterocycles. The Morgan fingerprint density at radius 3 is 2.79 bits per heavy atom. The summed E-state index contributed by atoms with van der Waals surface area (Å²) in [4.78, 5) is 32.3. The van der Waals surface area contributed by atoms with Crippen LogP contribution in [-0.2, 0) is 0 Å². The Morgan fingerprint density at radius 1 is 1.26 bits per heavy atom. The lowest BCUT2D eigenvalue weighted by Gasteiger charge is -2.19. The number of carbonyl (C=O) groups is 1. The maximum Gasteiger partial charge on any atom is 0.356 e. The molecule has 0 saturated heterocycles. The molecule has 34 heavy (non-hydrogen) atoms. The summed E-state index contributed by atoms with van der Waals surface area (Å²) < 4.78 is 6.24. The topological polar surface area (TPSA) is 141 Å². The summed E-state index contributed by atoms with van der Waals surface area (Å²) in [6.45, 7) is 3.72. The molecule has 4 rings (SSSR count). The van der Waals surface area contributed by atoms with E-state index < -0.39 is 12.0 Å². The van der Waals surface area contributed by atoms with Crippen molar-refractivity contribution in [2.24, 2.45) is 0 Å². The normalized spacial score (nSPS) is 15.3. The second kappa shape index (κ2) is 9.14. The Morgan fingerprint density at radius 2 is 2.06 bits per heavy atom. The van der Waals surface area contributed by atoms with Gasteiger partial charge in [0.15, 0.2) is 11.1 Å². The molecule has 2 heterocycles. The van der Waals surface area contributed by atoms with Gasteiger partial charge in [-0.2, -0.15) is 0 Å². The van der Waals surface area contributed by atoms with Crippen molar-refractivity contribution in [3.63, 3.8) is 0 Å². The molecule has 1 aliphatic carbocycles. The van der Waals surface area contributed by atoms with Crippen molar-refractivity contribution in [3.8, 4) is 0 Å². The van der Waals surface area contributed by atoms with E-state index in [0.29, 0.717) is 39.2 Å². The van der Waals surface area contributed by atoms with Gasteiger partial charge in [-0.1, -0.05) is 6.07 Å². The van der Waals surface area contributed by atoms with E-state index in [0.717, 1.165) is 5.56 Å². The first-order valence-electron chi connectivity index (χ1n) is 10.5. The molecule has 0 bridgehead atoms. The predicted octanol–water partition coefficient (Wildman–Crippen LogP) is 3.84. The van der Waals surface area contributed by atoms with Gasteiger partial charge in [-0.05, 0) is 43.7 Å². The summed E-state index contributed by atoms with van der Waals surface area (Å²) in [5, 5.41) is 24.0. The fourth-order valence-corrected chi connectivity index (χ4v) is 3.81. The van der Waals surface area contributed by atoms with E-state index in [1.54, 1.807) is 37.5 Å². The molecule has 0 aliphatic heterocycles. The van der Waals surface area contributed by atoms with Crippen LogP contribution in [-0.4, -0.2) is 33.8 Å². The maximum absolute atomic E-state index is 13.0. The number of rotatable bonds is 6. The SMILES string of the molecule is CN/C=C1/C=C(c2cc(=O)c3cc(C)cc(C(C)Nc4cncnc4C(=O)O)c3o2)C=CC1=N. The first kappa shape index (κ1) is 22.7. The summed E-state index contributed by atoms with van der Waals surface area (Å²) in [6, 6.07) is 4.68. The fraction of sp³-hybridized carbons (Fsp3) is 0.160. The molecule has 0 radical (unpaired) electrons. The van der Waals surface area contributed by atoms with Gasteiger partial charge in [0.2, 0.25) is 0 Å². The van der Waals surface area contributed by atoms with E-state index in [4.69, 9.17) is 9.83 Å². The molecular weight excluding hydrogens is 434 g/mol. The first-order chi connectivity index (χ1) is 16.3. The zero-order valence-corrected chi connectivity index (χ0v) is 18.8. The van der Waals surface area contributed by atoms with Crippen LogP contribution in [0.4, 0.5) is 5.69 Å². The molecule has 3 aromatic rings. The number of aromatic carboxylic acids is 1. The van der Waals surface area contributed by atoms with E-state index in [1.165, 1.54) is 18.6 Å². The Balaban J connectivity index is 1.83. The van der Waals surface area contributed by atoms with Crippen molar-refractivity contribution >= 4 is 33.9 Å². The van der Waals surface area contributed by atoms with Crippen LogP contribution in [0.3, 0.4) is 0 Å². The zero-order valence-electron chi connectivity index (χ0n) is 18.8. The number of allylic oxidation sites excluding steroid dienone is 5. The molecule has 0 fully saturated rings. The molecule has 1 aromatic carbocycles. The van der Waals surface area contributed by atoms with Gasteiger partial charge in [-0.3, -0.25) is 4.79 Å². The Bertz CT molecular complexity index is 1470. The van der Waals surface area contributed by atoms with Crippen molar-refractivity contribution in [2.75, 3.05) is 12.4 Å². The minimum Gasteiger partial charge on any atom is -0.476 e. The van der Waals surface area contributed by atoms with Gasteiger partial charge in [0.05, 0.1) is 29.0 Å². The van der Waals surface area contributed by atoms with Crippen molar-refractivity contribution < 1.29 is 14.3 Å². The highest BCUT2D eigenvalue weighted by Gasteiger charge is 2.20. The minimum atomic E-state index is -1.17. The van der Waals surface area contributed by atoms with Crippen molar-refractivity contribution in [3.05, 3.63) is 93.5 Å². The third-order valence-electron chi connectivity index (χ3n) is 5.39. The van der Waals surface area contributed by atoms with E-state index in [1.807, 2.05) is 19.9 Å². The monoisotopic (exact) mass is 457 g/mol. The lowest BCUT2D eigenvalue weighted by atomic mass is 9.97. The average molecular weight is 457 g/mol. The summed E-state index contributed by atoms with van der Waals surface area (Å²) >= 11 is 0. The van der Waals surface area contributed by atoms with Gasteiger partial charge < -0.3 is 25.6 Å². The Kier molecular flexibility index (Phi) is 6.09. The number of aryl methyl sites for hydroxylation is 1. The number of carboxylic acid groups (broad SMARTS) is 1. The molecule has 9 nitrogen and oxygen atoms in total. The summed E-state index contributed by atoms with van der Waals surface area (Å²) in [6.07, 6.45) is 9.43. The van der Waals surface area contributed by atoms with Crippen LogP contribution >= 0.6 is 0 Å². The number of fused-ring (bicyclic) bond motifs is 1. The molecule has 0 spiro atoms. The highest BCUT2D eigenvalue weighted by molar-refractivity contribution is 6.12. The third kappa shape index (κ3) is 4.36. The van der Waals surface area contributed by atoms with Crippen LogP contribution in [0.15, 0.2) is 69.9 Å².